The van der Waals surface area contributed by atoms with E-state index >= 15 is 0 Å². The van der Waals surface area contributed by atoms with Crippen LogP contribution in [0.5, 0.6) is 0 Å². The minimum absolute atomic E-state index is 0.0807. The fraction of sp³-hybridized carbons (Fsp3) is 0.176. The summed E-state index contributed by atoms with van der Waals surface area (Å²) in [7, 11) is 0. The fourth-order valence-corrected chi connectivity index (χ4v) is 3.02. The van der Waals surface area contributed by atoms with E-state index < -0.39 is 5.76 Å². The van der Waals surface area contributed by atoms with Crippen molar-refractivity contribution in [3.63, 3.8) is 0 Å². The lowest BCUT2D eigenvalue weighted by atomic mass is 10.2. The number of nitrogens with one attached hydrogen (secondary N) is 1. The molecule has 1 amide bonds. The number of fused-ring (bicyclic) bond motifs is 1. The lowest BCUT2D eigenvalue weighted by molar-refractivity contribution is -0.121. The van der Waals surface area contributed by atoms with E-state index in [9.17, 15) is 18.0 Å². The van der Waals surface area contributed by atoms with Gasteiger partial charge in [0, 0.05) is 6.54 Å². The molecule has 0 radical (unpaired) electrons. The predicted molar refractivity (Wildman–Crippen MR) is 89.8 cm³/mol. The van der Waals surface area contributed by atoms with Crippen molar-refractivity contribution >= 4 is 28.7 Å². The molecule has 0 aliphatic heterocycles. The number of imidazole rings is 1. The van der Waals surface area contributed by atoms with Crippen LogP contribution in [0.4, 0.5) is 13.2 Å². The van der Waals surface area contributed by atoms with Gasteiger partial charge in [-0.2, -0.15) is 8.78 Å². The molecule has 0 saturated carbocycles. The highest BCUT2D eigenvalue weighted by molar-refractivity contribution is 7.99. The fourth-order valence-electron chi connectivity index (χ4n) is 2.42. The molecule has 130 valence electrons. The van der Waals surface area contributed by atoms with Crippen molar-refractivity contribution in [1.29, 1.82) is 0 Å². The first-order valence-electron chi connectivity index (χ1n) is 7.44. The van der Waals surface area contributed by atoms with Crippen molar-refractivity contribution in [2.24, 2.45) is 0 Å². The average Bonchev–Trinajstić information content (AvgIpc) is 2.90. The summed E-state index contributed by atoms with van der Waals surface area (Å²) in [5, 5.41) is 2.74. The van der Waals surface area contributed by atoms with Gasteiger partial charge in [0.05, 0.1) is 11.0 Å². The Labute approximate surface area is 146 Å². The molecule has 0 aliphatic rings. The quantitative estimate of drug-likeness (QED) is 0.676. The first-order valence-corrected chi connectivity index (χ1v) is 8.32. The van der Waals surface area contributed by atoms with E-state index in [1.807, 2.05) is 0 Å². The van der Waals surface area contributed by atoms with Gasteiger partial charge >= 0.3 is 0 Å². The Bertz CT molecular complexity index is 898. The van der Waals surface area contributed by atoms with Crippen LogP contribution in [0.25, 0.3) is 11.0 Å². The molecule has 8 heteroatoms. The molecule has 0 spiro atoms. The minimum atomic E-state index is -2.63. The van der Waals surface area contributed by atoms with Gasteiger partial charge in [0.1, 0.15) is 12.4 Å². The zero-order valence-corrected chi connectivity index (χ0v) is 13.8. The van der Waals surface area contributed by atoms with Crippen LogP contribution >= 0.6 is 11.8 Å². The van der Waals surface area contributed by atoms with Crippen LogP contribution in [0.1, 0.15) is 5.56 Å². The van der Waals surface area contributed by atoms with Gasteiger partial charge in [-0.05, 0) is 41.6 Å². The maximum Gasteiger partial charge on any atom is 0.291 e. The van der Waals surface area contributed by atoms with Crippen molar-refractivity contribution in [3.05, 3.63) is 59.9 Å². The van der Waals surface area contributed by atoms with Crippen molar-refractivity contribution in [3.8, 4) is 0 Å². The molecule has 0 atom stereocenters. The third kappa shape index (κ3) is 4.33. The van der Waals surface area contributed by atoms with Gasteiger partial charge in [0.15, 0.2) is 5.16 Å². The molecule has 3 rings (SSSR count). The maximum atomic E-state index is 13.1. The van der Waals surface area contributed by atoms with E-state index in [0.717, 1.165) is 0 Å². The van der Waals surface area contributed by atoms with Crippen LogP contribution in [0.15, 0.2) is 53.7 Å². The smallest absolute Gasteiger partial charge is 0.291 e. The number of rotatable bonds is 6. The van der Waals surface area contributed by atoms with E-state index in [0.29, 0.717) is 28.4 Å². The SMILES string of the molecule is O=C(Cn1c(SC(F)F)nc2ccccc21)NCc1cccc(F)c1. The van der Waals surface area contributed by atoms with Gasteiger partial charge in [-0.1, -0.05) is 24.3 Å². The molecule has 0 saturated heterocycles. The number of hydrogen-bond donors (Lipinski definition) is 1. The number of benzene rings is 2. The van der Waals surface area contributed by atoms with E-state index in [1.54, 1.807) is 36.4 Å². The number of hydrogen-bond acceptors (Lipinski definition) is 3. The maximum absolute atomic E-state index is 13.1. The van der Waals surface area contributed by atoms with Crippen LogP contribution in [0, 0.1) is 5.82 Å². The van der Waals surface area contributed by atoms with Crippen LogP contribution in [0.3, 0.4) is 0 Å². The summed E-state index contributed by atoms with van der Waals surface area (Å²) >= 11 is 0.298. The number of carbonyl (C=O) groups is 1. The van der Waals surface area contributed by atoms with Crippen LogP contribution < -0.4 is 5.32 Å². The number of para-hydroxylation sites is 2. The standard InChI is InChI=1S/C17H14F3N3OS/c18-12-5-3-4-11(8-12)9-21-15(24)10-23-14-7-2-1-6-13(14)22-17(23)25-16(19)20/h1-8,16H,9-10H2,(H,21,24). The number of thioether (sulfide) groups is 1. The highest BCUT2D eigenvalue weighted by atomic mass is 32.2. The van der Waals surface area contributed by atoms with Crippen molar-refractivity contribution in [1.82, 2.24) is 14.9 Å². The van der Waals surface area contributed by atoms with Gasteiger partial charge < -0.3 is 9.88 Å². The number of alkyl halides is 2. The van der Waals surface area contributed by atoms with E-state index in [1.165, 1.54) is 16.7 Å². The van der Waals surface area contributed by atoms with Crippen LogP contribution in [-0.4, -0.2) is 21.2 Å². The summed E-state index contributed by atoms with van der Waals surface area (Å²) in [5.41, 5.74) is 1.76. The monoisotopic (exact) mass is 365 g/mol. The predicted octanol–water partition coefficient (Wildman–Crippen LogP) is 3.81. The van der Waals surface area contributed by atoms with Crippen molar-refractivity contribution in [2.45, 2.75) is 24.0 Å². The molecular weight excluding hydrogens is 351 g/mol. The summed E-state index contributed by atoms with van der Waals surface area (Å²) in [6, 6.07) is 12.8. The summed E-state index contributed by atoms with van der Waals surface area (Å²) in [5.74, 6) is -3.39. The summed E-state index contributed by atoms with van der Waals surface area (Å²) in [6.07, 6.45) is 0. The molecule has 0 bridgehead atoms. The molecule has 4 nitrogen and oxygen atoms in total. The number of nitrogens with zero attached hydrogens (tertiary/aromatic N) is 2. The third-order valence-corrected chi connectivity index (χ3v) is 4.20. The summed E-state index contributed by atoms with van der Waals surface area (Å²) in [4.78, 5) is 16.4. The van der Waals surface area contributed by atoms with E-state index in [2.05, 4.69) is 10.3 Å². The molecule has 1 heterocycles. The molecule has 25 heavy (non-hydrogen) atoms. The second-order valence-electron chi connectivity index (χ2n) is 5.25. The highest BCUT2D eigenvalue weighted by Crippen LogP contribution is 2.28. The largest absolute Gasteiger partial charge is 0.350 e. The molecule has 0 fully saturated rings. The summed E-state index contributed by atoms with van der Waals surface area (Å²) in [6.45, 7) is 0.00539. The Morgan fingerprint density at radius 2 is 2.00 bits per heavy atom. The van der Waals surface area contributed by atoms with Gasteiger partial charge in [-0.15, -0.1) is 0 Å². The Morgan fingerprint density at radius 1 is 1.20 bits per heavy atom. The molecular formula is C17H14F3N3OS. The van der Waals surface area contributed by atoms with Crippen molar-refractivity contribution < 1.29 is 18.0 Å². The van der Waals surface area contributed by atoms with Gasteiger partial charge in [0.25, 0.3) is 5.76 Å². The topological polar surface area (TPSA) is 46.9 Å². The molecule has 0 aliphatic carbocycles. The van der Waals surface area contributed by atoms with Gasteiger partial charge in [0.2, 0.25) is 5.91 Å². The number of amides is 1. The van der Waals surface area contributed by atoms with Crippen molar-refractivity contribution in [2.75, 3.05) is 0 Å². The number of carbonyl (C=O) groups excluding carboxylic acids is 1. The van der Waals surface area contributed by atoms with E-state index in [4.69, 9.17) is 0 Å². The first-order chi connectivity index (χ1) is 12.0. The Hall–Kier alpha value is -2.48. The molecule has 2 aromatic carbocycles. The number of aromatic nitrogens is 2. The van der Waals surface area contributed by atoms with Crippen LogP contribution in [-0.2, 0) is 17.9 Å². The Kier molecular flexibility index (Phi) is 5.28. The lowest BCUT2D eigenvalue weighted by Crippen LogP contribution is -2.27. The first kappa shape index (κ1) is 17.3. The lowest BCUT2D eigenvalue weighted by Gasteiger charge is -2.09. The Morgan fingerprint density at radius 3 is 2.76 bits per heavy atom. The normalized spacial score (nSPS) is 11.2. The molecule has 1 aromatic heterocycles. The minimum Gasteiger partial charge on any atom is -0.350 e. The van der Waals surface area contributed by atoms with Gasteiger partial charge in [-0.25, -0.2) is 9.37 Å². The zero-order chi connectivity index (χ0) is 17.8. The summed E-state index contributed by atoms with van der Waals surface area (Å²) < 4.78 is 40.1. The van der Waals surface area contributed by atoms with Gasteiger partial charge in [-0.3, -0.25) is 4.79 Å². The van der Waals surface area contributed by atoms with Crippen LogP contribution in [0.2, 0.25) is 0 Å². The Balaban J connectivity index is 1.75. The number of halogens is 3. The second kappa shape index (κ2) is 7.60. The third-order valence-electron chi connectivity index (χ3n) is 3.49. The average molecular weight is 365 g/mol. The highest BCUT2D eigenvalue weighted by Gasteiger charge is 2.17. The molecule has 1 N–H and O–H groups in total. The molecule has 3 aromatic rings. The molecule has 0 unspecified atom stereocenters. The second-order valence-corrected chi connectivity index (χ2v) is 6.21. The van der Waals surface area contributed by atoms with E-state index in [-0.39, 0.29) is 30.0 Å². The zero-order valence-electron chi connectivity index (χ0n) is 13.0.